The van der Waals surface area contributed by atoms with Crippen molar-refractivity contribution in [1.82, 2.24) is 9.80 Å². The zero-order valence-electron chi connectivity index (χ0n) is 12.8. The number of likely N-dealkylation sites (N-methyl/N-ethyl adjacent to an activating group) is 1. The van der Waals surface area contributed by atoms with Crippen molar-refractivity contribution in [3.05, 3.63) is 35.4 Å². The molecule has 1 saturated heterocycles. The van der Waals surface area contributed by atoms with Gasteiger partial charge in [-0.05, 0) is 38.4 Å². The molecule has 0 atom stereocenters. The molecule has 1 aliphatic heterocycles. The number of nitrogens with zero attached hydrogens (tertiary/aromatic N) is 2. The zero-order chi connectivity index (χ0) is 14.4. The van der Waals surface area contributed by atoms with Gasteiger partial charge in [0.1, 0.15) is 0 Å². The van der Waals surface area contributed by atoms with E-state index in [1.54, 1.807) is 0 Å². The Kier molecular flexibility index (Phi) is 5.60. The fraction of sp³-hybridized carbons (Fsp3) is 0.588. The summed E-state index contributed by atoms with van der Waals surface area (Å²) in [5, 5.41) is 0. The van der Waals surface area contributed by atoms with E-state index in [4.69, 9.17) is 0 Å². The number of rotatable bonds is 5. The lowest BCUT2D eigenvalue weighted by Crippen LogP contribution is -2.39. The molecule has 1 aromatic rings. The minimum absolute atomic E-state index is 0.215. The Morgan fingerprint density at radius 3 is 2.70 bits per heavy atom. The van der Waals surface area contributed by atoms with E-state index in [1.165, 1.54) is 37.9 Å². The third kappa shape index (κ3) is 4.64. The summed E-state index contributed by atoms with van der Waals surface area (Å²) in [6.07, 6.45) is 4.48. The number of hydrogen-bond acceptors (Lipinski definition) is 2. The van der Waals surface area contributed by atoms with Crippen LogP contribution < -0.4 is 0 Å². The Balaban J connectivity index is 1.76. The molecule has 3 heteroatoms. The molecular weight excluding hydrogens is 248 g/mol. The number of aryl methyl sites for hydroxylation is 1. The first kappa shape index (κ1) is 15.0. The first-order valence-corrected chi connectivity index (χ1v) is 7.67. The van der Waals surface area contributed by atoms with Gasteiger partial charge >= 0.3 is 0 Å². The lowest BCUT2D eigenvalue weighted by atomic mass is 10.1. The number of carbonyl (C=O) groups is 1. The predicted molar refractivity (Wildman–Crippen MR) is 82.8 cm³/mol. The molecule has 1 aliphatic rings. The van der Waals surface area contributed by atoms with Crippen molar-refractivity contribution in [2.75, 3.05) is 33.2 Å². The highest BCUT2D eigenvalue weighted by molar-refractivity contribution is 5.78. The second-order valence-corrected chi connectivity index (χ2v) is 5.88. The summed E-state index contributed by atoms with van der Waals surface area (Å²) in [4.78, 5) is 16.5. The standard InChI is InChI=1S/C17H26N2O/c1-15-7-6-8-16(13-15)14-17(20)18(2)11-12-19-9-4-3-5-10-19/h6-8,13H,3-5,9-12,14H2,1-2H3. The summed E-state index contributed by atoms with van der Waals surface area (Å²) in [5.74, 6) is 0.215. The van der Waals surface area contributed by atoms with Crippen molar-refractivity contribution in [3.63, 3.8) is 0 Å². The predicted octanol–water partition coefficient (Wildman–Crippen LogP) is 2.48. The van der Waals surface area contributed by atoms with Crippen LogP contribution >= 0.6 is 0 Å². The van der Waals surface area contributed by atoms with Gasteiger partial charge in [0.25, 0.3) is 0 Å². The summed E-state index contributed by atoms with van der Waals surface area (Å²) >= 11 is 0. The van der Waals surface area contributed by atoms with Crippen molar-refractivity contribution in [2.24, 2.45) is 0 Å². The van der Waals surface area contributed by atoms with Gasteiger partial charge in [-0.3, -0.25) is 4.79 Å². The van der Waals surface area contributed by atoms with E-state index in [-0.39, 0.29) is 5.91 Å². The second kappa shape index (κ2) is 7.44. The number of likely N-dealkylation sites (tertiary alicyclic amines) is 1. The van der Waals surface area contributed by atoms with E-state index in [9.17, 15) is 4.79 Å². The van der Waals surface area contributed by atoms with Crippen LogP contribution in [0.1, 0.15) is 30.4 Å². The Hall–Kier alpha value is -1.35. The van der Waals surface area contributed by atoms with Crippen molar-refractivity contribution >= 4 is 5.91 Å². The lowest BCUT2D eigenvalue weighted by molar-refractivity contribution is -0.129. The topological polar surface area (TPSA) is 23.6 Å². The molecule has 0 saturated carbocycles. The molecule has 0 N–H and O–H groups in total. The maximum Gasteiger partial charge on any atom is 0.226 e. The maximum absolute atomic E-state index is 12.2. The molecule has 20 heavy (non-hydrogen) atoms. The highest BCUT2D eigenvalue weighted by Crippen LogP contribution is 2.09. The van der Waals surface area contributed by atoms with Crippen LogP contribution in [0.3, 0.4) is 0 Å². The van der Waals surface area contributed by atoms with E-state index in [0.717, 1.165) is 18.7 Å². The molecule has 3 nitrogen and oxygen atoms in total. The van der Waals surface area contributed by atoms with Gasteiger partial charge in [-0.1, -0.05) is 36.2 Å². The molecule has 0 unspecified atom stereocenters. The zero-order valence-corrected chi connectivity index (χ0v) is 12.8. The minimum Gasteiger partial charge on any atom is -0.344 e. The first-order chi connectivity index (χ1) is 9.65. The molecule has 110 valence electrons. The Morgan fingerprint density at radius 2 is 2.00 bits per heavy atom. The number of piperidine rings is 1. The summed E-state index contributed by atoms with van der Waals surface area (Å²) in [6.45, 7) is 6.30. The molecular formula is C17H26N2O. The van der Waals surface area contributed by atoms with Gasteiger partial charge in [0.05, 0.1) is 6.42 Å². The van der Waals surface area contributed by atoms with Crippen LogP contribution in [0.2, 0.25) is 0 Å². The molecule has 1 heterocycles. The highest BCUT2D eigenvalue weighted by Gasteiger charge is 2.13. The van der Waals surface area contributed by atoms with Crippen LogP contribution in [0.5, 0.6) is 0 Å². The lowest BCUT2D eigenvalue weighted by Gasteiger charge is -2.28. The fourth-order valence-electron chi connectivity index (χ4n) is 2.73. The second-order valence-electron chi connectivity index (χ2n) is 5.88. The van der Waals surface area contributed by atoms with Crippen molar-refractivity contribution < 1.29 is 4.79 Å². The molecule has 0 bridgehead atoms. The van der Waals surface area contributed by atoms with Gasteiger partial charge in [-0.2, -0.15) is 0 Å². The minimum atomic E-state index is 0.215. The first-order valence-electron chi connectivity index (χ1n) is 7.67. The monoisotopic (exact) mass is 274 g/mol. The van der Waals surface area contributed by atoms with E-state index in [2.05, 4.69) is 24.0 Å². The van der Waals surface area contributed by atoms with Crippen molar-refractivity contribution in [1.29, 1.82) is 0 Å². The van der Waals surface area contributed by atoms with E-state index in [1.807, 2.05) is 24.1 Å². The van der Waals surface area contributed by atoms with E-state index < -0.39 is 0 Å². The third-order valence-electron chi connectivity index (χ3n) is 4.06. The van der Waals surface area contributed by atoms with E-state index >= 15 is 0 Å². The fourth-order valence-corrected chi connectivity index (χ4v) is 2.73. The van der Waals surface area contributed by atoms with Gasteiger partial charge in [-0.25, -0.2) is 0 Å². The normalized spacial score (nSPS) is 16.1. The Morgan fingerprint density at radius 1 is 1.25 bits per heavy atom. The molecule has 1 amide bonds. The summed E-state index contributed by atoms with van der Waals surface area (Å²) in [5.41, 5.74) is 2.33. The van der Waals surface area contributed by atoms with Gasteiger partial charge in [0, 0.05) is 20.1 Å². The summed E-state index contributed by atoms with van der Waals surface area (Å²) < 4.78 is 0. The number of benzene rings is 1. The Labute approximate surface area is 122 Å². The maximum atomic E-state index is 12.2. The van der Waals surface area contributed by atoms with Crippen LogP contribution in [-0.4, -0.2) is 48.9 Å². The van der Waals surface area contributed by atoms with Crippen LogP contribution in [0.4, 0.5) is 0 Å². The van der Waals surface area contributed by atoms with Gasteiger partial charge in [0.15, 0.2) is 0 Å². The SMILES string of the molecule is Cc1cccc(CC(=O)N(C)CCN2CCCCC2)c1. The highest BCUT2D eigenvalue weighted by atomic mass is 16.2. The van der Waals surface area contributed by atoms with Crippen LogP contribution in [0.15, 0.2) is 24.3 Å². The number of hydrogen-bond donors (Lipinski definition) is 0. The smallest absolute Gasteiger partial charge is 0.226 e. The molecule has 0 aliphatic carbocycles. The van der Waals surface area contributed by atoms with Gasteiger partial charge < -0.3 is 9.80 Å². The quantitative estimate of drug-likeness (QED) is 0.823. The number of carbonyl (C=O) groups excluding carboxylic acids is 1. The third-order valence-corrected chi connectivity index (χ3v) is 4.06. The van der Waals surface area contributed by atoms with E-state index in [0.29, 0.717) is 6.42 Å². The largest absolute Gasteiger partial charge is 0.344 e. The molecule has 1 aromatic carbocycles. The summed E-state index contributed by atoms with van der Waals surface area (Å²) in [6, 6.07) is 8.21. The average molecular weight is 274 g/mol. The molecule has 1 fully saturated rings. The summed E-state index contributed by atoms with van der Waals surface area (Å²) in [7, 11) is 1.92. The van der Waals surface area contributed by atoms with Crippen molar-refractivity contribution in [3.8, 4) is 0 Å². The molecule has 0 aromatic heterocycles. The molecule has 2 rings (SSSR count). The molecule has 0 spiro atoms. The van der Waals surface area contributed by atoms with Crippen LogP contribution in [0.25, 0.3) is 0 Å². The Bertz CT molecular complexity index is 438. The average Bonchev–Trinajstić information content (AvgIpc) is 2.46. The van der Waals surface area contributed by atoms with Crippen LogP contribution in [-0.2, 0) is 11.2 Å². The van der Waals surface area contributed by atoms with Gasteiger partial charge in [0.2, 0.25) is 5.91 Å². The van der Waals surface area contributed by atoms with Crippen molar-refractivity contribution in [2.45, 2.75) is 32.6 Å². The number of amides is 1. The van der Waals surface area contributed by atoms with Crippen LogP contribution in [0, 0.1) is 6.92 Å². The molecule has 0 radical (unpaired) electrons. The van der Waals surface area contributed by atoms with Gasteiger partial charge in [-0.15, -0.1) is 0 Å².